The molecule has 0 aliphatic carbocycles. The number of carbonyl (C=O) groups excluding carboxylic acids is 3. The Balaban J connectivity index is 2.94. The van der Waals surface area contributed by atoms with Gasteiger partial charge in [0.1, 0.15) is 18.8 Å². The molecule has 0 bridgehead atoms. The molecule has 120 valence electrons. The van der Waals surface area contributed by atoms with Crippen LogP contribution in [0.2, 0.25) is 0 Å². The van der Waals surface area contributed by atoms with E-state index in [0.717, 1.165) is 13.8 Å². The molecule has 0 spiro atoms. The van der Waals surface area contributed by atoms with Gasteiger partial charge in [-0.05, 0) is 0 Å². The summed E-state index contributed by atoms with van der Waals surface area (Å²) in [5.41, 5.74) is 0. The number of ether oxygens (including phenoxy) is 4. The van der Waals surface area contributed by atoms with E-state index < -0.39 is 48.6 Å². The summed E-state index contributed by atoms with van der Waals surface area (Å²) in [7, 11) is 0. The molecule has 0 amide bonds. The summed E-state index contributed by atoms with van der Waals surface area (Å²) in [6.45, 7) is 3.04. The van der Waals surface area contributed by atoms with Gasteiger partial charge in [0.2, 0.25) is 0 Å². The van der Waals surface area contributed by atoms with E-state index in [4.69, 9.17) is 18.9 Å². The predicted molar refractivity (Wildman–Crippen MR) is 64.6 cm³/mol. The zero-order chi connectivity index (χ0) is 16.2. The lowest BCUT2D eigenvalue weighted by molar-refractivity contribution is -0.293. The minimum Gasteiger partial charge on any atom is -0.463 e. The number of hydrogen-bond acceptors (Lipinski definition) is 9. The smallest absolute Gasteiger partial charge is 0.303 e. The van der Waals surface area contributed by atoms with Gasteiger partial charge in [-0.1, -0.05) is 0 Å². The van der Waals surface area contributed by atoms with Crippen LogP contribution < -0.4 is 0 Å². The van der Waals surface area contributed by atoms with Crippen molar-refractivity contribution in [1.29, 1.82) is 0 Å². The van der Waals surface area contributed by atoms with Crippen LogP contribution in [0.5, 0.6) is 0 Å². The summed E-state index contributed by atoms with van der Waals surface area (Å²) in [5, 5.41) is 19.4. The van der Waals surface area contributed by atoms with Crippen molar-refractivity contribution in [2.45, 2.75) is 51.5 Å². The molecule has 2 N–H and O–H groups in total. The SMILES string of the molecule is CC(=O)OCC1O[C@H](O)C(O)[C@@H](OC(C)=O)[C@@H]1OC(C)=O. The second kappa shape index (κ2) is 7.34. The van der Waals surface area contributed by atoms with E-state index in [1.807, 2.05) is 0 Å². The van der Waals surface area contributed by atoms with Gasteiger partial charge in [-0.25, -0.2) is 0 Å². The molecule has 1 heterocycles. The standard InChI is InChI=1S/C12H18O9/c1-5(13)18-4-8-10(19-6(2)14)11(20-7(3)15)9(16)12(17)21-8/h8-12,16-17H,4H2,1-3H3/t8?,9?,10-,11-,12+/m1/s1. The summed E-state index contributed by atoms with van der Waals surface area (Å²) in [6, 6.07) is 0. The van der Waals surface area contributed by atoms with Crippen LogP contribution in [0.3, 0.4) is 0 Å². The molecule has 21 heavy (non-hydrogen) atoms. The van der Waals surface area contributed by atoms with Gasteiger partial charge in [0.05, 0.1) is 0 Å². The maximum absolute atomic E-state index is 11.1. The van der Waals surface area contributed by atoms with Gasteiger partial charge in [-0.2, -0.15) is 0 Å². The van der Waals surface area contributed by atoms with Crippen molar-refractivity contribution in [2.24, 2.45) is 0 Å². The highest BCUT2D eigenvalue weighted by atomic mass is 16.7. The third-order valence-electron chi connectivity index (χ3n) is 2.69. The monoisotopic (exact) mass is 306 g/mol. The average Bonchev–Trinajstić information content (AvgIpc) is 2.35. The number of aliphatic hydroxyl groups excluding tert-OH is 2. The number of aliphatic hydroxyl groups is 2. The fraction of sp³-hybridized carbons (Fsp3) is 0.750. The summed E-state index contributed by atoms with van der Waals surface area (Å²) >= 11 is 0. The molecular weight excluding hydrogens is 288 g/mol. The van der Waals surface area contributed by atoms with Gasteiger partial charge in [-0.15, -0.1) is 0 Å². The fourth-order valence-electron chi connectivity index (χ4n) is 1.90. The summed E-state index contributed by atoms with van der Waals surface area (Å²) < 4.78 is 19.6. The van der Waals surface area contributed by atoms with Crippen LogP contribution in [0.25, 0.3) is 0 Å². The topological polar surface area (TPSA) is 129 Å². The maximum Gasteiger partial charge on any atom is 0.303 e. The first-order valence-electron chi connectivity index (χ1n) is 6.21. The van der Waals surface area contributed by atoms with Crippen molar-refractivity contribution in [1.82, 2.24) is 0 Å². The molecule has 9 heteroatoms. The van der Waals surface area contributed by atoms with Crippen LogP contribution in [0.1, 0.15) is 20.8 Å². The van der Waals surface area contributed by atoms with Gasteiger partial charge < -0.3 is 29.2 Å². The molecule has 0 aromatic carbocycles. The van der Waals surface area contributed by atoms with Crippen molar-refractivity contribution in [3.05, 3.63) is 0 Å². The van der Waals surface area contributed by atoms with Gasteiger partial charge in [0.15, 0.2) is 18.5 Å². The van der Waals surface area contributed by atoms with Crippen LogP contribution >= 0.6 is 0 Å². The Kier molecular flexibility index (Phi) is 6.06. The first-order valence-corrected chi connectivity index (χ1v) is 6.21. The van der Waals surface area contributed by atoms with Gasteiger partial charge >= 0.3 is 17.9 Å². The van der Waals surface area contributed by atoms with E-state index in [-0.39, 0.29) is 6.61 Å². The van der Waals surface area contributed by atoms with Crippen molar-refractivity contribution in [3.63, 3.8) is 0 Å². The first-order chi connectivity index (χ1) is 9.72. The molecular formula is C12H18O9. The Morgan fingerprint density at radius 1 is 0.952 bits per heavy atom. The number of carbonyl (C=O) groups is 3. The van der Waals surface area contributed by atoms with E-state index in [1.165, 1.54) is 6.92 Å². The largest absolute Gasteiger partial charge is 0.463 e. The highest BCUT2D eigenvalue weighted by Crippen LogP contribution is 2.25. The summed E-state index contributed by atoms with van der Waals surface area (Å²) in [6.07, 6.45) is -6.92. The third kappa shape index (κ3) is 4.96. The molecule has 9 nitrogen and oxygen atoms in total. The van der Waals surface area contributed by atoms with Gasteiger partial charge in [0, 0.05) is 20.8 Å². The van der Waals surface area contributed by atoms with Gasteiger partial charge in [-0.3, -0.25) is 14.4 Å². The quantitative estimate of drug-likeness (QED) is 0.470. The number of rotatable bonds is 4. The Labute approximate surface area is 120 Å². The second-order valence-electron chi connectivity index (χ2n) is 4.51. The molecule has 1 aliphatic rings. The van der Waals surface area contributed by atoms with Crippen LogP contribution in [0.15, 0.2) is 0 Å². The molecule has 1 fully saturated rings. The number of hydrogen-bond donors (Lipinski definition) is 2. The molecule has 0 radical (unpaired) electrons. The zero-order valence-electron chi connectivity index (χ0n) is 11.8. The zero-order valence-corrected chi connectivity index (χ0v) is 11.8. The van der Waals surface area contributed by atoms with Crippen LogP contribution in [0, 0.1) is 0 Å². The van der Waals surface area contributed by atoms with E-state index >= 15 is 0 Å². The Hall–Kier alpha value is -1.71. The van der Waals surface area contributed by atoms with Crippen LogP contribution in [0.4, 0.5) is 0 Å². The van der Waals surface area contributed by atoms with Crippen molar-refractivity contribution < 1.29 is 43.5 Å². The molecule has 1 saturated heterocycles. The van der Waals surface area contributed by atoms with E-state index in [2.05, 4.69) is 0 Å². The maximum atomic E-state index is 11.1. The van der Waals surface area contributed by atoms with E-state index in [9.17, 15) is 24.6 Å². The molecule has 0 saturated carbocycles. The highest BCUT2D eigenvalue weighted by molar-refractivity contribution is 5.67. The lowest BCUT2D eigenvalue weighted by Crippen LogP contribution is -2.61. The minimum absolute atomic E-state index is 0.338. The predicted octanol–water partition coefficient (Wildman–Crippen LogP) is -1.51. The Bertz CT molecular complexity index is 408. The molecule has 0 aromatic heterocycles. The third-order valence-corrected chi connectivity index (χ3v) is 2.69. The molecule has 5 atom stereocenters. The van der Waals surface area contributed by atoms with Crippen molar-refractivity contribution >= 4 is 17.9 Å². The molecule has 1 rings (SSSR count). The lowest BCUT2D eigenvalue weighted by Gasteiger charge is -2.41. The van der Waals surface area contributed by atoms with Crippen LogP contribution in [-0.2, 0) is 33.3 Å². The Morgan fingerprint density at radius 3 is 1.95 bits per heavy atom. The number of esters is 3. The molecule has 1 aliphatic heterocycles. The van der Waals surface area contributed by atoms with E-state index in [0.29, 0.717) is 0 Å². The average molecular weight is 306 g/mol. The normalized spacial score (nSPS) is 32.1. The fourth-order valence-corrected chi connectivity index (χ4v) is 1.90. The molecule has 2 unspecified atom stereocenters. The first kappa shape index (κ1) is 17.3. The molecule has 0 aromatic rings. The van der Waals surface area contributed by atoms with Crippen molar-refractivity contribution in [3.8, 4) is 0 Å². The minimum atomic E-state index is -1.68. The van der Waals surface area contributed by atoms with Crippen molar-refractivity contribution in [2.75, 3.05) is 6.61 Å². The Morgan fingerprint density at radius 2 is 1.48 bits per heavy atom. The highest BCUT2D eigenvalue weighted by Gasteiger charge is 2.49. The van der Waals surface area contributed by atoms with Crippen LogP contribution in [-0.4, -0.2) is 65.4 Å². The summed E-state index contributed by atoms with van der Waals surface area (Å²) in [4.78, 5) is 33.1. The summed E-state index contributed by atoms with van der Waals surface area (Å²) in [5.74, 6) is -2.06. The van der Waals surface area contributed by atoms with E-state index in [1.54, 1.807) is 0 Å². The lowest BCUT2D eigenvalue weighted by atomic mass is 9.98. The second-order valence-corrected chi connectivity index (χ2v) is 4.51. The van der Waals surface area contributed by atoms with Gasteiger partial charge in [0.25, 0.3) is 0 Å².